The Morgan fingerprint density at radius 1 is 1.10 bits per heavy atom. The highest BCUT2D eigenvalue weighted by Gasteiger charge is 2.23. The van der Waals surface area contributed by atoms with Crippen molar-refractivity contribution >= 4 is 11.5 Å². The van der Waals surface area contributed by atoms with Crippen LogP contribution in [0, 0.1) is 5.92 Å². The normalized spacial score (nSPS) is 18.1. The van der Waals surface area contributed by atoms with E-state index in [9.17, 15) is 0 Å². The largest absolute Gasteiger partial charge is 0.493 e. The first-order chi connectivity index (χ1) is 9.86. The summed E-state index contributed by atoms with van der Waals surface area (Å²) >= 11 is 0. The number of benzene rings is 2. The number of rotatable bonds is 2. The molecule has 2 aromatic carbocycles. The van der Waals surface area contributed by atoms with Crippen molar-refractivity contribution in [3.8, 4) is 5.75 Å². The highest BCUT2D eigenvalue weighted by Crippen LogP contribution is 2.27. The highest BCUT2D eigenvalue weighted by atomic mass is 16.5. The maximum atomic E-state index is 5.78. The lowest BCUT2D eigenvalue weighted by Gasteiger charge is -2.26. The van der Waals surface area contributed by atoms with Gasteiger partial charge in [0.15, 0.2) is 0 Å². The van der Waals surface area contributed by atoms with Crippen LogP contribution in [0.2, 0.25) is 0 Å². The summed E-state index contributed by atoms with van der Waals surface area (Å²) in [6.07, 6.45) is 0.881. The molecule has 0 fully saturated rings. The van der Waals surface area contributed by atoms with Gasteiger partial charge < -0.3 is 10.2 Å². The number of nitrogens with one attached hydrogen (secondary N) is 1. The molecular formula is C16H17N3O. The van der Waals surface area contributed by atoms with Crippen LogP contribution in [0.1, 0.15) is 5.56 Å². The van der Waals surface area contributed by atoms with Crippen LogP contribution >= 0.6 is 0 Å². The standard InChI is InChI=1S/C16H17N3O/c17-19-16(18-14-7-2-1-3-8-14)13-10-12-6-4-5-9-15(12)20-11-13/h1-9,13H,10-11,17H2,(H,18,19). The summed E-state index contributed by atoms with van der Waals surface area (Å²) in [4.78, 5) is 4.57. The second-order valence-electron chi connectivity index (χ2n) is 4.80. The van der Waals surface area contributed by atoms with Gasteiger partial charge in [-0.3, -0.25) is 0 Å². The number of nitrogens with two attached hydrogens (primary N) is 1. The van der Waals surface area contributed by atoms with E-state index in [0.717, 1.165) is 23.7 Å². The van der Waals surface area contributed by atoms with Crippen LogP contribution in [0.25, 0.3) is 0 Å². The molecule has 0 saturated heterocycles. The van der Waals surface area contributed by atoms with Crippen molar-refractivity contribution in [1.29, 1.82) is 0 Å². The third kappa shape index (κ3) is 2.65. The fourth-order valence-corrected chi connectivity index (χ4v) is 2.39. The summed E-state index contributed by atoms with van der Waals surface area (Å²) in [6.45, 7) is 0.590. The molecule has 1 aliphatic rings. The van der Waals surface area contributed by atoms with E-state index in [1.54, 1.807) is 0 Å². The van der Waals surface area contributed by atoms with E-state index >= 15 is 0 Å². The first-order valence-corrected chi connectivity index (χ1v) is 6.68. The molecule has 1 heterocycles. The minimum atomic E-state index is 0.148. The quantitative estimate of drug-likeness (QED) is 0.380. The van der Waals surface area contributed by atoms with E-state index in [2.05, 4.69) is 16.5 Å². The summed E-state index contributed by atoms with van der Waals surface area (Å²) in [5.74, 6) is 7.50. The zero-order valence-corrected chi connectivity index (χ0v) is 11.1. The zero-order valence-electron chi connectivity index (χ0n) is 11.1. The number of hydrogen-bond donors (Lipinski definition) is 2. The molecule has 20 heavy (non-hydrogen) atoms. The molecule has 0 aliphatic carbocycles. The predicted octanol–water partition coefficient (Wildman–Crippen LogP) is 2.43. The summed E-state index contributed by atoms with van der Waals surface area (Å²) < 4.78 is 5.78. The van der Waals surface area contributed by atoms with Crippen LogP contribution < -0.4 is 16.0 Å². The molecule has 0 radical (unpaired) electrons. The number of amidine groups is 1. The third-order valence-corrected chi connectivity index (χ3v) is 3.42. The van der Waals surface area contributed by atoms with Gasteiger partial charge in [-0.25, -0.2) is 10.8 Å². The van der Waals surface area contributed by atoms with E-state index < -0.39 is 0 Å². The van der Waals surface area contributed by atoms with Gasteiger partial charge in [0.1, 0.15) is 11.6 Å². The molecule has 0 bridgehead atoms. The van der Waals surface area contributed by atoms with Gasteiger partial charge in [-0.2, -0.15) is 0 Å². The topological polar surface area (TPSA) is 59.6 Å². The minimum absolute atomic E-state index is 0.148. The van der Waals surface area contributed by atoms with Gasteiger partial charge in [0, 0.05) is 0 Å². The molecule has 0 amide bonds. The molecular weight excluding hydrogens is 250 g/mol. The Hall–Kier alpha value is -2.33. The van der Waals surface area contributed by atoms with Gasteiger partial charge in [0.25, 0.3) is 0 Å². The number of aliphatic imine (C=N–C) groups is 1. The number of hydrogen-bond acceptors (Lipinski definition) is 3. The molecule has 1 aliphatic heterocycles. The third-order valence-electron chi connectivity index (χ3n) is 3.42. The fourth-order valence-electron chi connectivity index (χ4n) is 2.39. The number of nitrogens with zero attached hydrogens (tertiary/aromatic N) is 1. The Labute approximate surface area is 118 Å². The Morgan fingerprint density at radius 3 is 2.65 bits per heavy atom. The summed E-state index contributed by atoms with van der Waals surface area (Å²) in [5.41, 5.74) is 4.80. The number of para-hydroxylation sites is 2. The van der Waals surface area contributed by atoms with Gasteiger partial charge in [-0.1, -0.05) is 36.4 Å². The number of ether oxygens (including phenoxy) is 1. The number of hydrazine groups is 1. The van der Waals surface area contributed by atoms with E-state index in [-0.39, 0.29) is 5.92 Å². The van der Waals surface area contributed by atoms with Gasteiger partial charge in [0.05, 0.1) is 18.2 Å². The van der Waals surface area contributed by atoms with Crippen LogP contribution in [-0.2, 0) is 6.42 Å². The first-order valence-electron chi connectivity index (χ1n) is 6.68. The molecule has 1 unspecified atom stereocenters. The SMILES string of the molecule is NNC(=Nc1ccccc1)C1COc2ccccc2C1. The lowest BCUT2D eigenvalue weighted by molar-refractivity contribution is 0.256. The lowest BCUT2D eigenvalue weighted by atomic mass is 9.96. The van der Waals surface area contributed by atoms with Crippen molar-refractivity contribution < 1.29 is 4.74 Å². The summed E-state index contributed by atoms with van der Waals surface area (Å²) in [5, 5.41) is 0. The van der Waals surface area contributed by atoms with Crippen molar-refractivity contribution in [2.75, 3.05) is 6.61 Å². The van der Waals surface area contributed by atoms with Gasteiger partial charge in [0.2, 0.25) is 0 Å². The Morgan fingerprint density at radius 2 is 1.85 bits per heavy atom. The molecule has 102 valence electrons. The molecule has 4 nitrogen and oxygen atoms in total. The minimum Gasteiger partial charge on any atom is -0.493 e. The second kappa shape index (κ2) is 5.75. The summed E-state index contributed by atoms with van der Waals surface area (Å²) in [7, 11) is 0. The molecule has 0 aromatic heterocycles. The van der Waals surface area contributed by atoms with Crippen molar-refractivity contribution in [1.82, 2.24) is 5.43 Å². The van der Waals surface area contributed by atoms with Crippen molar-refractivity contribution in [3.05, 3.63) is 60.2 Å². The van der Waals surface area contributed by atoms with Crippen LogP contribution in [0.3, 0.4) is 0 Å². The average Bonchev–Trinajstić information content (AvgIpc) is 2.53. The molecule has 0 spiro atoms. The lowest BCUT2D eigenvalue weighted by Crippen LogP contribution is -2.41. The maximum absolute atomic E-state index is 5.78. The smallest absolute Gasteiger partial charge is 0.123 e. The van der Waals surface area contributed by atoms with Crippen molar-refractivity contribution in [2.24, 2.45) is 16.8 Å². The van der Waals surface area contributed by atoms with E-state index in [4.69, 9.17) is 10.6 Å². The van der Waals surface area contributed by atoms with Gasteiger partial charge >= 0.3 is 0 Å². The first kappa shape index (κ1) is 12.7. The second-order valence-corrected chi connectivity index (χ2v) is 4.80. The summed E-state index contributed by atoms with van der Waals surface area (Å²) in [6, 6.07) is 17.9. The van der Waals surface area contributed by atoms with Gasteiger partial charge in [-0.05, 0) is 30.2 Å². The molecule has 4 heteroatoms. The van der Waals surface area contributed by atoms with E-state index in [1.165, 1.54) is 5.56 Å². The van der Waals surface area contributed by atoms with Gasteiger partial charge in [-0.15, -0.1) is 0 Å². The fraction of sp³-hybridized carbons (Fsp3) is 0.188. The van der Waals surface area contributed by atoms with E-state index in [1.807, 2.05) is 48.5 Å². The predicted molar refractivity (Wildman–Crippen MR) is 80.0 cm³/mol. The average molecular weight is 267 g/mol. The molecule has 1 atom stereocenters. The van der Waals surface area contributed by atoms with Crippen LogP contribution in [0.15, 0.2) is 59.6 Å². The van der Waals surface area contributed by atoms with Crippen molar-refractivity contribution in [3.63, 3.8) is 0 Å². The number of fused-ring (bicyclic) bond motifs is 1. The Bertz CT molecular complexity index is 610. The van der Waals surface area contributed by atoms with Crippen LogP contribution in [0.5, 0.6) is 5.75 Å². The molecule has 3 N–H and O–H groups in total. The zero-order chi connectivity index (χ0) is 13.8. The molecule has 2 aromatic rings. The maximum Gasteiger partial charge on any atom is 0.123 e. The van der Waals surface area contributed by atoms with Crippen LogP contribution in [-0.4, -0.2) is 12.4 Å². The van der Waals surface area contributed by atoms with E-state index in [0.29, 0.717) is 6.61 Å². The molecule has 0 saturated carbocycles. The highest BCUT2D eigenvalue weighted by molar-refractivity contribution is 5.87. The van der Waals surface area contributed by atoms with Crippen molar-refractivity contribution in [2.45, 2.75) is 6.42 Å². The Balaban J connectivity index is 1.83. The molecule has 3 rings (SSSR count). The Kier molecular flexibility index (Phi) is 3.65. The monoisotopic (exact) mass is 267 g/mol. The van der Waals surface area contributed by atoms with Crippen LogP contribution in [0.4, 0.5) is 5.69 Å².